The van der Waals surface area contributed by atoms with Crippen molar-refractivity contribution in [2.75, 3.05) is 0 Å². The molecule has 1 unspecified atom stereocenters. The van der Waals surface area contributed by atoms with Crippen molar-refractivity contribution < 1.29 is 5.11 Å². The Morgan fingerprint density at radius 2 is 1.70 bits per heavy atom. The van der Waals surface area contributed by atoms with E-state index in [-0.39, 0.29) is 5.41 Å². The van der Waals surface area contributed by atoms with Crippen LogP contribution >= 0.6 is 31.9 Å². The number of hydrogen-bond donors (Lipinski definition) is 1. The second kappa shape index (κ2) is 5.96. The van der Waals surface area contributed by atoms with Crippen LogP contribution in [-0.2, 0) is 5.41 Å². The predicted octanol–water partition coefficient (Wildman–Crippen LogP) is 4.99. The topological polar surface area (TPSA) is 33.1 Å². The zero-order valence-corrected chi connectivity index (χ0v) is 14.9. The third-order valence-electron chi connectivity index (χ3n) is 3.19. The fourth-order valence-corrected chi connectivity index (χ4v) is 3.15. The van der Waals surface area contributed by atoms with E-state index >= 15 is 0 Å². The number of hydrogen-bond acceptors (Lipinski definition) is 2. The van der Waals surface area contributed by atoms with E-state index in [0.717, 1.165) is 14.5 Å². The summed E-state index contributed by atoms with van der Waals surface area (Å²) in [5.74, 6) is 0. The van der Waals surface area contributed by atoms with E-state index in [1.54, 1.807) is 6.20 Å². The molecule has 0 aliphatic carbocycles. The van der Waals surface area contributed by atoms with Gasteiger partial charge < -0.3 is 5.11 Å². The molecule has 1 N–H and O–H groups in total. The third-order valence-corrected chi connectivity index (χ3v) is 4.26. The van der Waals surface area contributed by atoms with Crippen molar-refractivity contribution in [2.24, 2.45) is 0 Å². The van der Waals surface area contributed by atoms with E-state index in [4.69, 9.17) is 0 Å². The van der Waals surface area contributed by atoms with E-state index in [1.807, 2.05) is 18.2 Å². The minimum atomic E-state index is -0.730. The Balaban J connectivity index is 2.31. The number of aliphatic hydroxyl groups excluding tert-OH is 1. The lowest BCUT2D eigenvalue weighted by molar-refractivity contribution is 0.214. The van der Waals surface area contributed by atoms with Crippen LogP contribution in [0.15, 0.2) is 45.5 Å². The Labute approximate surface area is 136 Å². The molecule has 0 spiro atoms. The number of halogens is 2. The molecule has 2 nitrogen and oxygen atoms in total. The van der Waals surface area contributed by atoms with E-state index in [9.17, 15) is 5.11 Å². The molecule has 2 aromatic rings. The SMILES string of the molecule is CC(C)(C)c1ccc(C(O)c2ncc(Br)cc2Br)cc1. The monoisotopic (exact) mass is 397 g/mol. The summed E-state index contributed by atoms with van der Waals surface area (Å²) in [6.45, 7) is 6.52. The highest BCUT2D eigenvalue weighted by Crippen LogP contribution is 2.30. The van der Waals surface area contributed by atoms with Gasteiger partial charge in [0.15, 0.2) is 0 Å². The highest BCUT2D eigenvalue weighted by atomic mass is 79.9. The lowest BCUT2D eigenvalue weighted by Crippen LogP contribution is -2.11. The highest BCUT2D eigenvalue weighted by Gasteiger charge is 2.18. The van der Waals surface area contributed by atoms with Gasteiger partial charge in [0.1, 0.15) is 6.10 Å². The molecule has 106 valence electrons. The molecule has 0 saturated heterocycles. The minimum Gasteiger partial charge on any atom is -0.382 e. The molecule has 1 aromatic heterocycles. The summed E-state index contributed by atoms with van der Waals surface area (Å²) < 4.78 is 1.67. The Bertz CT molecular complexity index is 603. The summed E-state index contributed by atoms with van der Waals surface area (Å²) in [7, 11) is 0. The highest BCUT2D eigenvalue weighted by molar-refractivity contribution is 9.11. The van der Waals surface area contributed by atoms with Crippen molar-refractivity contribution in [1.82, 2.24) is 4.98 Å². The van der Waals surface area contributed by atoms with Gasteiger partial charge in [-0.15, -0.1) is 0 Å². The van der Waals surface area contributed by atoms with Crippen LogP contribution in [0, 0.1) is 0 Å². The van der Waals surface area contributed by atoms with Crippen molar-refractivity contribution in [3.8, 4) is 0 Å². The van der Waals surface area contributed by atoms with E-state index in [0.29, 0.717) is 5.69 Å². The Morgan fingerprint density at radius 3 is 2.20 bits per heavy atom. The van der Waals surface area contributed by atoms with Gasteiger partial charge in [-0.05, 0) is 54.5 Å². The van der Waals surface area contributed by atoms with Crippen molar-refractivity contribution in [3.05, 3.63) is 62.3 Å². The third kappa shape index (κ3) is 3.48. The summed E-state index contributed by atoms with van der Waals surface area (Å²) in [6.07, 6.45) is 0.957. The standard InChI is InChI=1S/C16H17Br2NO/c1-16(2,3)11-6-4-10(5-7-11)15(20)14-13(18)8-12(17)9-19-14/h4-9,15,20H,1-3H3. The van der Waals surface area contributed by atoms with Gasteiger partial charge in [0, 0.05) is 15.1 Å². The van der Waals surface area contributed by atoms with E-state index in [2.05, 4.69) is 69.7 Å². The smallest absolute Gasteiger partial charge is 0.122 e. The van der Waals surface area contributed by atoms with Crippen molar-refractivity contribution in [1.29, 1.82) is 0 Å². The zero-order valence-electron chi connectivity index (χ0n) is 11.7. The van der Waals surface area contributed by atoms with Crippen LogP contribution in [-0.4, -0.2) is 10.1 Å². The first-order valence-corrected chi connectivity index (χ1v) is 7.97. The molecule has 0 amide bonds. The maximum absolute atomic E-state index is 10.4. The minimum absolute atomic E-state index is 0.111. The van der Waals surface area contributed by atoms with Gasteiger partial charge in [0.25, 0.3) is 0 Å². The molecule has 0 aliphatic heterocycles. The van der Waals surface area contributed by atoms with E-state index in [1.165, 1.54) is 5.56 Å². The lowest BCUT2D eigenvalue weighted by atomic mass is 9.86. The van der Waals surface area contributed by atoms with Crippen LogP contribution in [0.25, 0.3) is 0 Å². The maximum Gasteiger partial charge on any atom is 0.122 e. The number of pyridine rings is 1. The second-order valence-electron chi connectivity index (χ2n) is 5.80. The second-order valence-corrected chi connectivity index (χ2v) is 7.57. The molecule has 1 heterocycles. The molecule has 0 aliphatic rings. The first-order valence-electron chi connectivity index (χ1n) is 6.38. The van der Waals surface area contributed by atoms with Gasteiger partial charge in [0.2, 0.25) is 0 Å². The molecule has 1 aromatic carbocycles. The average molecular weight is 399 g/mol. The van der Waals surface area contributed by atoms with Gasteiger partial charge in [-0.2, -0.15) is 0 Å². The normalized spacial score (nSPS) is 13.3. The molecule has 0 fully saturated rings. The Kier molecular flexibility index (Phi) is 4.67. The predicted molar refractivity (Wildman–Crippen MR) is 88.8 cm³/mol. The van der Waals surface area contributed by atoms with Crippen molar-refractivity contribution in [3.63, 3.8) is 0 Å². The molecule has 20 heavy (non-hydrogen) atoms. The summed E-state index contributed by atoms with van der Waals surface area (Å²) in [6, 6.07) is 9.93. The number of rotatable bonds is 2. The molecular formula is C16H17Br2NO. The van der Waals surface area contributed by atoms with E-state index < -0.39 is 6.10 Å². The molecule has 0 saturated carbocycles. The van der Waals surface area contributed by atoms with Gasteiger partial charge >= 0.3 is 0 Å². The van der Waals surface area contributed by atoms with Crippen LogP contribution in [0.5, 0.6) is 0 Å². The maximum atomic E-state index is 10.4. The quantitative estimate of drug-likeness (QED) is 0.773. The Hall–Kier alpha value is -0.710. The fourth-order valence-electron chi connectivity index (χ4n) is 1.95. The number of aromatic nitrogens is 1. The summed E-state index contributed by atoms with van der Waals surface area (Å²) in [5, 5.41) is 10.4. The van der Waals surface area contributed by atoms with Crippen LogP contribution in [0.4, 0.5) is 0 Å². The number of aliphatic hydroxyl groups is 1. The first-order chi connectivity index (χ1) is 9.29. The van der Waals surface area contributed by atoms with Gasteiger partial charge in [-0.3, -0.25) is 4.98 Å². The van der Waals surface area contributed by atoms with Crippen LogP contribution in [0.2, 0.25) is 0 Å². The largest absolute Gasteiger partial charge is 0.382 e. The summed E-state index contributed by atoms with van der Waals surface area (Å²) in [5.41, 5.74) is 2.82. The summed E-state index contributed by atoms with van der Waals surface area (Å²) in [4.78, 5) is 4.28. The molecule has 0 radical (unpaired) electrons. The first kappa shape index (κ1) is 15.7. The lowest BCUT2D eigenvalue weighted by Gasteiger charge is -2.20. The van der Waals surface area contributed by atoms with Gasteiger partial charge in [0.05, 0.1) is 5.69 Å². The average Bonchev–Trinajstić information content (AvgIpc) is 2.37. The molecule has 2 rings (SSSR count). The van der Waals surface area contributed by atoms with Crippen LogP contribution < -0.4 is 0 Å². The molecule has 4 heteroatoms. The van der Waals surface area contributed by atoms with Crippen molar-refractivity contribution in [2.45, 2.75) is 32.3 Å². The van der Waals surface area contributed by atoms with Gasteiger partial charge in [-0.1, -0.05) is 45.0 Å². The van der Waals surface area contributed by atoms with Crippen LogP contribution in [0.1, 0.15) is 43.7 Å². The number of benzene rings is 1. The van der Waals surface area contributed by atoms with Crippen molar-refractivity contribution >= 4 is 31.9 Å². The zero-order chi connectivity index (χ0) is 14.9. The molecule has 0 bridgehead atoms. The number of nitrogens with zero attached hydrogens (tertiary/aromatic N) is 1. The van der Waals surface area contributed by atoms with Crippen LogP contribution in [0.3, 0.4) is 0 Å². The Morgan fingerprint density at radius 1 is 1.10 bits per heavy atom. The molecular weight excluding hydrogens is 382 g/mol. The van der Waals surface area contributed by atoms with Gasteiger partial charge in [-0.25, -0.2) is 0 Å². The molecule has 1 atom stereocenters. The summed E-state index contributed by atoms with van der Waals surface area (Å²) >= 11 is 6.80. The fraction of sp³-hybridized carbons (Fsp3) is 0.312.